The van der Waals surface area contributed by atoms with E-state index in [1.54, 1.807) is 48.8 Å². The lowest BCUT2D eigenvalue weighted by atomic mass is 10.2. The number of nitriles is 1. The van der Waals surface area contributed by atoms with Gasteiger partial charge < -0.3 is 5.32 Å². The molecule has 1 aromatic carbocycles. The summed E-state index contributed by atoms with van der Waals surface area (Å²) in [7, 11) is -3.47. The van der Waals surface area contributed by atoms with Crippen molar-refractivity contribution in [1.82, 2.24) is 9.29 Å². The van der Waals surface area contributed by atoms with Crippen LogP contribution in [0.5, 0.6) is 0 Å². The Hall–Kier alpha value is -2.76. The summed E-state index contributed by atoms with van der Waals surface area (Å²) in [5.41, 5.74) is 1.50. The topological polar surface area (TPSA) is 103 Å². The molecule has 130 valence electrons. The summed E-state index contributed by atoms with van der Waals surface area (Å²) >= 11 is 0. The standard InChI is InChI=1S/C17H18N4O3S/c1-25(23,24)21(13-14-5-4-9-19-12-14)10-8-17(22)20-16-7-3-2-6-15(16)11-18/h2-7,9,12H,8,10,13H2,1H3,(H,20,22). The molecule has 1 heterocycles. The molecule has 0 spiro atoms. The molecule has 0 saturated heterocycles. The molecule has 1 aromatic heterocycles. The van der Waals surface area contributed by atoms with E-state index in [1.165, 1.54) is 4.31 Å². The zero-order valence-corrected chi connectivity index (χ0v) is 14.5. The highest BCUT2D eigenvalue weighted by molar-refractivity contribution is 7.88. The number of amides is 1. The van der Waals surface area contributed by atoms with Gasteiger partial charge in [0.25, 0.3) is 0 Å². The molecular weight excluding hydrogens is 340 g/mol. The minimum Gasteiger partial charge on any atom is -0.325 e. The first-order valence-electron chi connectivity index (χ1n) is 7.53. The number of carbonyl (C=O) groups excluding carboxylic acids is 1. The fraction of sp³-hybridized carbons (Fsp3) is 0.235. The average Bonchev–Trinajstić information content (AvgIpc) is 2.59. The number of benzene rings is 1. The van der Waals surface area contributed by atoms with Crippen molar-refractivity contribution in [3.8, 4) is 6.07 Å². The minimum absolute atomic E-state index is 0.0207. The fourth-order valence-electron chi connectivity index (χ4n) is 2.19. The van der Waals surface area contributed by atoms with Crippen molar-refractivity contribution in [2.75, 3.05) is 18.1 Å². The van der Waals surface area contributed by atoms with Gasteiger partial charge in [0.15, 0.2) is 0 Å². The van der Waals surface area contributed by atoms with Crippen LogP contribution in [0.25, 0.3) is 0 Å². The second kappa shape index (κ2) is 8.37. The third kappa shape index (κ3) is 5.67. The number of hydrogen-bond acceptors (Lipinski definition) is 5. The molecule has 0 saturated carbocycles. The highest BCUT2D eigenvalue weighted by Crippen LogP contribution is 2.14. The molecule has 1 N–H and O–H groups in total. The van der Waals surface area contributed by atoms with Crippen molar-refractivity contribution in [2.24, 2.45) is 0 Å². The molecule has 0 aliphatic rings. The Morgan fingerprint density at radius 1 is 1.28 bits per heavy atom. The monoisotopic (exact) mass is 358 g/mol. The molecule has 0 aliphatic heterocycles. The smallest absolute Gasteiger partial charge is 0.225 e. The summed E-state index contributed by atoms with van der Waals surface area (Å²) in [6.07, 6.45) is 4.27. The largest absolute Gasteiger partial charge is 0.325 e. The van der Waals surface area contributed by atoms with E-state index in [9.17, 15) is 13.2 Å². The van der Waals surface area contributed by atoms with Gasteiger partial charge in [-0.15, -0.1) is 0 Å². The van der Waals surface area contributed by atoms with Crippen molar-refractivity contribution in [3.05, 3.63) is 59.9 Å². The number of nitrogens with one attached hydrogen (secondary N) is 1. The van der Waals surface area contributed by atoms with Crippen molar-refractivity contribution >= 4 is 21.6 Å². The highest BCUT2D eigenvalue weighted by atomic mass is 32.2. The Morgan fingerprint density at radius 3 is 2.68 bits per heavy atom. The molecule has 0 bridgehead atoms. The summed E-state index contributed by atoms with van der Waals surface area (Å²) in [5.74, 6) is -0.359. The van der Waals surface area contributed by atoms with Crippen LogP contribution in [0.1, 0.15) is 17.5 Å². The Balaban J connectivity index is 2.00. The van der Waals surface area contributed by atoms with E-state index in [2.05, 4.69) is 10.3 Å². The molecule has 8 heteroatoms. The van der Waals surface area contributed by atoms with E-state index >= 15 is 0 Å². The van der Waals surface area contributed by atoms with E-state index < -0.39 is 10.0 Å². The lowest BCUT2D eigenvalue weighted by molar-refractivity contribution is -0.116. The molecule has 2 rings (SSSR count). The van der Waals surface area contributed by atoms with Crippen molar-refractivity contribution in [1.29, 1.82) is 5.26 Å². The van der Waals surface area contributed by atoms with Gasteiger partial charge in [-0.1, -0.05) is 18.2 Å². The van der Waals surface area contributed by atoms with Crippen LogP contribution in [0, 0.1) is 11.3 Å². The van der Waals surface area contributed by atoms with Crippen LogP contribution in [-0.2, 0) is 21.4 Å². The lowest BCUT2D eigenvalue weighted by Gasteiger charge is -2.19. The number of nitrogens with zero attached hydrogens (tertiary/aromatic N) is 3. The van der Waals surface area contributed by atoms with Crippen LogP contribution >= 0.6 is 0 Å². The number of anilines is 1. The van der Waals surface area contributed by atoms with Gasteiger partial charge in [0, 0.05) is 31.9 Å². The van der Waals surface area contributed by atoms with Gasteiger partial charge >= 0.3 is 0 Å². The maximum Gasteiger partial charge on any atom is 0.225 e. The molecule has 25 heavy (non-hydrogen) atoms. The summed E-state index contributed by atoms with van der Waals surface area (Å²) in [5, 5.41) is 11.7. The highest BCUT2D eigenvalue weighted by Gasteiger charge is 2.18. The van der Waals surface area contributed by atoms with Crippen LogP contribution in [0.2, 0.25) is 0 Å². The van der Waals surface area contributed by atoms with Crippen molar-refractivity contribution < 1.29 is 13.2 Å². The average molecular weight is 358 g/mol. The van der Waals surface area contributed by atoms with Gasteiger partial charge in [0.2, 0.25) is 15.9 Å². The Bertz CT molecular complexity index is 876. The van der Waals surface area contributed by atoms with Crippen LogP contribution in [0.15, 0.2) is 48.8 Å². The maximum atomic E-state index is 12.1. The number of carbonyl (C=O) groups is 1. The number of aromatic nitrogens is 1. The van der Waals surface area contributed by atoms with Gasteiger partial charge in [-0.2, -0.15) is 9.57 Å². The van der Waals surface area contributed by atoms with Crippen LogP contribution in [0.3, 0.4) is 0 Å². The van der Waals surface area contributed by atoms with E-state index in [0.717, 1.165) is 11.8 Å². The Morgan fingerprint density at radius 2 is 2.04 bits per heavy atom. The number of sulfonamides is 1. The Kier molecular flexibility index (Phi) is 6.22. The SMILES string of the molecule is CS(=O)(=O)N(CCC(=O)Nc1ccccc1C#N)Cc1cccnc1. The minimum atomic E-state index is -3.47. The first-order chi connectivity index (χ1) is 11.9. The predicted molar refractivity (Wildman–Crippen MR) is 93.9 cm³/mol. The van der Waals surface area contributed by atoms with Crippen LogP contribution < -0.4 is 5.32 Å². The third-order valence-electron chi connectivity index (χ3n) is 3.46. The van der Waals surface area contributed by atoms with E-state index in [-0.39, 0.29) is 25.4 Å². The normalized spacial score (nSPS) is 11.1. The second-order valence-corrected chi connectivity index (χ2v) is 7.40. The molecule has 0 unspecified atom stereocenters. The molecule has 0 fully saturated rings. The summed E-state index contributed by atoms with van der Waals surface area (Å²) in [6.45, 7) is 0.184. The first kappa shape index (κ1) is 18.6. The van der Waals surface area contributed by atoms with Crippen LogP contribution in [-0.4, -0.2) is 36.4 Å². The van der Waals surface area contributed by atoms with Gasteiger partial charge in [-0.05, 0) is 23.8 Å². The van der Waals surface area contributed by atoms with E-state index in [4.69, 9.17) is 5.26 Å². The van der Waals surface area contributed by atoms with Crippen molar-refractivity contribution in [2.45, 2.75) is 13.0 Å². The quantitative estimate of drug-likeness (QED) is 0.812. The molecule has 2 aromatic rings. The van der Waals surface area contributed by atoms with Crippen molar-refractivity contribution in [3.63, 3.8) is 0 Å². The van der Waals surface area contributed by atoms with Gasteiger partial charge in [0.05, 0.1) is 17.5 Å². The summed E-state index contributed by atoms with van der Waals surface area (Å²) in [6, 6.07) is 12.1. The number of rotatable bonds is 7. The molecule has 0 aliphatic carbocycles. The number of hydrogen-bond donors (Lipinski definition) is 1. The van der Waals surface area contributed by atoms with Gasteiger partial charge in [-0.25, -0.2) is 8.42 Å². The number of pyridine rings is 1. The maximum absolute atomic E-state index is 12.1. The molecule has 0 radical (unpaired) electrons. The predicted octanol–water partition coefficient (Wildman–Crippen LogP) is 1.74. The fourth-order valence-corrected chi connectivity index (χ4v) is 2.99. The molecule has 0 atom stereocenters. The van der Waals surface area contributed by atoms with Crippen LogP contribution in [0.4, 0.5) is 5.69 Å². The lowest BCUT2D eigenvalue weighted by Crippen LogP contribution is -2.32. The summed E-state index contributed by atoms with van der Waals surface area (Å²) in [4.78, 5) is 16.1. The zero-order valence-electron chi connectivity index (χ0n) is 13.7. The van der Waals surface area contributed by atoms with E-state index in [1.807, 2.05) is 6.07 Å². The van der Waals surface area contributed by atoms with Gasteiger partial charge in [0.1, 0.15) is 6.07 Å². The van der Waals surface area contributed by atoms with Gasteiger partial charge in [-0.3, -0.25) is 9.78 Å². The zero-order chi connectivity index (χ0) is 18.3. The first-order valence-corrected chi connectivity index (χ1v) is 9.38. The molecular formula is C17H18N4O3S. The summed E-state index contributed by atoms with van der Waals surface area (Å²) < 4.78 is 25.1. The molecule has 1 amide bonds. The second-order valence-electron chi connectivity index (χ2n) is 5.41. The van der Waals surface area contributed by atoms with E-state index in [0.29, 0.717) is 11.3 Å². The Labute approximate surface area is 147 Å². The third-order valence-corrected chi connectivity index (χ3v) is 4.71. The number of para-hydroxylation sites is 1. The molecule has 7 nitrogen and oxygen atoms in total.